The van der Waals surface area contributed by atoms with E-state index in [4.69, 9.17) is 0 Å². The van der Waals surface area contributed by atoms with E-state index in [1.54, 1.807) is 23.6 Å². The van der Waals surface area contributed by atoms with E-state index in [2.05, 4.69) is 20.3 Å². The Morgan fingerprint density at radius 2 is 1.79 bits per heavy atom. The molecule has 0 fully saturated rings. The highest BCUT2D eigenvalue weighted by atomic mass is 16.2. The number of amides is 1. The standard InChI is InChI=1S/C21H22N6O2/c1-26(2)20-21(29)27(17-10-6-5-9-16(17)25-20)12-11-19(28)22-13-18-23-14-7-3-4-8-15(14)24-18/h3-10H,11-13H2,1-2H3,(H,22,28)(H,23,24). The van der Waals surface area contributed by atoms with E-state index in [1.807, 2.05) is 48.5 Å². The summed E-state index contributed by atoms with van der Waals surface area (Å²) in [7, 11) is 3.56. The molecule has 1 amide bonds. The average molecular weight is 390 g/mol. The number of nitrogens with zero attached hydrogens (tertiary/aromatic N) is 4. The molecular formula is C21H22N6O2. The summed E-state index contributed by atoms with van der Waals surface area (Å²) >= 11 is 0. The predicted molar refractivity (Wildman–Crippen MR) is 113 cm³/mol. The van der Waals surface area contributed by atoms with Gasteiger partial charge in [-0.2, -0.15) is 0 Å². The normalized spacial score (nSPS) is 11.1. The van der Waals surface area contributed by atoms with Crippen LogP contribution >= 0.6 is 0 Å². The number of hydrogen-bond donors (Lipinski definition) is 2. The molecule has 2 heterocycles. The first-order valence-electron chi connectivity index (χ1n) is 9.40. The van der Waals surface area contributed by atoms with Gasteiger partial charge in [-0.25, -0.2) is 9.97 Å². The minimum Gasteiger partial charge on any atom is -0.358 e. The molecule has 0 unspecified atom stereocenters. The highest BCUT2D eigenvalue weighted by Gasteiger charge is 2.13. The van der Waals surface area contributed by atoms with Crippen molar-refractivity contribution in [3.63, 3.8) is 0 Å². The Kier molecular flexibility index (Phi) is 4.99. The molecule has 0 atom stereocenters. The number of nitrogens with one attached hydrogen (secondary N) is 2. The molecule has 8 heteroatoms. The number of benzene rings is 2. The van der Waals surface area contributed by atoms with E-state index in [9.17, 15) is 9.59 Å². The van der Waals surface area contributed by atoms with Gasteiger partial charge in [-0.15, -0.1) is 0 Å². The molecule has 0 radical (unpaired) electrons. The molecule has 0 saturated carbocycles. The number of anilines is 1. The number of imidazole rings is 1. The van der Waals surface area contributed by atoms with Crippen molar-refractivity contribution in [2.45, 2.75) is 19.5 Å². The Morgan fingerprint density at radius 3 is 2.55 bits per heavy atom. The molecule has 8 nitrogen and oxygen atoms in total. The van der Waals surface area contributed by atoms with Crippen LogP contribution in [0.3, 0.4) is 0 Å². The number of fused-ring (bicyclic) bond motifs is 2. The van der Waals surface area contributed by atoms with Gasteiger partial charge in [0, 0.05) is 27.1 Å². The summed E-state index contributed by atoms with van der Waals surface area (Å²) in [5, 5.41) is 2.86. The third-order valence-corrected chi connectivity index (χ3v) is 4.71. The van der Waals surface area contributed by atoms with Gasteiger partial charge < -0.3 is 19.8 Å². The lowest BCUT2D eigenvalue weighted by atomic mass is 10.2. The van der Waals surface area contributed by atoms with Crippen LogP contribution in [0.4, 0.5) is 5.82 Å². The van der Waals surface area contributed by atoms with E-state index in [0.29, 0.717) is 23.7 Å². The smallest absolute Gasteiger partial charge is 0.293 e. The van der Waals surface area contributed by atoms with Crippen LogP contribution in [0.25, 0.3) is 22.1 Å². The monoisotopic (exact) mass is 390 g/mol. The van der Waals surface area contributed by atoms with Gasteiger partial charge in [-0.3, -0.25) is 9.59 Å². The Morgan fingerprint density at radius 1 is 1.07 bits per heavy atom. The SMILES string of the molecule is CN(C)c1nc2ccccc2n(CCC(=O)NCc2nc3ccccc3[nH]2)c1=O. The van der Waals surface area contributed by atoms with Crippen LogP contribution in [0.2, 0.25) is 0 Å². The molecule has 2 aromatic heterocycles. The van der Waals surface area contributed by atoms with Crippen LogP contribution in [0, 0.1) is 0 Å². The van der Waals surface area contributed by atoms with Crippen LogP contribution in [-0.2, 0) is 17.9 Å². The van der Waals surface area contributed by atoms with E-state index >= 15 is 0 Å². The molecule has 2 N–H and O–H groups in total. The van der Waals surface area contributed by atoms with Crippen molar-refractivity contribution in [2.75, 3.05) is 19.0 Å². The third-order valence-electron chi connectivity index (χ3n) is 4.71. The molecule has 2 aromatic carbocycles. The number of carbonyl (C=O) groups excluding carboxylic acids is 1. The molecule has 148 valence electrons. The maximum atomic E-state index is 12.8. The first kappa shape index (κ1) is 18.7. The summed E-state index contributed by atoms with van der Waals surface area (Å²) in [6.45, 7) is 0.580. The van der Waals surface area contributed by atoms with E-state index in [0.717, 1.165) is 16.6 Å². The van der Waals surface area contributed by atoms with Crippen molar-refractivity contribution in [3.8, 4) is 0 Å². The Hall–Kier alpha value is -3.68. The quantitative estimate of drug-likeness (QED) is 0.525. The molecule has 4 rings (SSSR count). The van der Waals surface area contributed by atoms with Crippen molar-refractivity contribution in [1.82, 2.24) is 24.8 Å². The number of aromatic amines is 1. The second kappa shape index (κ2) is 7.75. The highest BCUT2D eigenvalue weighted by Crippen LogP contribution is 2.14. The lowest BCUT2D eigenvalue weighted by molar-refractivity contribution is -0.121. The average Bonchev–Trinajstić information content (AvgIpc) is 3.14. The van der Waals surface area contributed by atoms with Crippen LogP contribution in [0.5, 0.6) is 0 Å². The number of carbonyl (C=O) groups is 1. The molecule has 0 spiro atoms. The first-order chi connectivity index (χ1) is 14.0. The fourth-order valence-electron chi connectivity index (χ4n) is 3.27. The van der Waals surface area contributed by atoms with Gasteiger partial charge >= 0.3 is 0 Å². The predicted octanol–water partition coefficient (Wildman–Crippen LogP) is 2.05. The number of hydrogen-bond acceptors (Lipinski definition) is 5. The van der Waals surface area contributed by atoms with Gasteiger partial charge in [-0.1, -0.05) is 24.3 Å². The highest BCUT2D eigenvalue weighted by molar-refractivity contribution is 5.78. The van der Waals surface area contributed by atoms with Gasteiger partial charge in [0.1, 0.15) is 5.82 Å². The number of rotatable bonds is 6. The third kappa shape index (κ3) is 3.82. The van der Waals surface area contributed by atoms with Crippen molar-refractivity contribution in [2.24, 2.45) is 0 Å². The van der Waals surface area contributed by atoms with Gasteiger partial charge in [0.2, 0.25) is 5.91 Å². The second-order valence-corrected chi connectivity index (χ2v) is 7.00. The summed E-state index contributed by atoms with van der Waals surface area (Å²) in [5.74, 6) is 0.900. The minimum atomic E-state index is -0.209. The largest absolute Gasteiger partial charge is 0.358 e. The minimum absolute atomic E-state index is 0.148. The summed E-state index contributed by atoms with van der Waals surface area (Å²) in [4.78, 5) is 39.0. The lowest BCUT2D eigenvalue weighted by Gasteiger charge is -2.16. The van der Waals surface area contributed by atoms with Crippen molar-refractivity contribution < 1.29 is 4.79 Å². The van der Waals surface area contributed by atoms with Gasteiger partial charge in [0.25, 0.3) is 5.56 Å². The number of aromatic nitrogens is 4. The van der Waals surface area contributed by atoms with Crippen LogP contribution < -0.4 is 15.8 Å². The zero-order valence-corrected chi connectivity index (χ0v) is 16.3. The van der Waals surface area contributed by atoms with E-state index in [1.165, 1.54) is 0 Å². The Balaban J connectivity index is 1.48. The molecule has 0 bridgehead atoms. The maximum absolute atomic E-state index is 12.8. The summed E-state index contributed by atoms with van der Waals surface area (Å²) < 4.78 is 1.61. The van der Waals surface area contributed by atoms with Gasteiger partial charge in [0.05, 0.1) is 28.6 Å². The van der Waals surface area contributed by atoms with Crippen molar-refractivity contribution >= 4 is 33.8 Å². The summed E-state index contributed by atoms with van der Waals surface area (Å²) in [6.07, 6.45) is 0.182. The molecule has 29 heavy (non-hydrogen) atoms. The molecule has 4 aromatic rings. The zero-order valence-electron chi connectivity index (χ0n) is 16.3. The maximum Gasteiger partial charge on any atom is 0.293 e. The molecule has 0 saturated heterocycles. The molecule has 0 aliphatic rings. The van der Waals surface area contributed by atoms with Crippen LogP contribution in [0.15, 0.2) is 53.3 Å². The molecular weight excluding hydrogens is 368 g/mol. The van der Waals surface area contributed by atoms with Crippen LogP contribution in [0.1, 0.15) is 12.2 Å². The van der Waals surface area contributed by atoms with E-state index in [-0.39, 0.29) is 24.4 Å². The fourth-order valence-corrected chi connectivity index (χ4v) is 3.27. The summed E-state index contributed by atoms with van der Waals surface area (Å²) in [5.41, 5.74) is 3.02. The molecule has 0 aliphatic carbocycles. The topological polar surface area (TPSA) is 95.9 Å². The first-order valence-corrected chi connectivity index (χ1v) is 9.40. The van der Waals surface area contributed by atoms with Gasteiger partial charge in [-0.05, 0) is 24.3 Å². The Labute approximate surface area is 167 Å². The van der Waals surface area contributed by atoms with E-state index < -0.39 is 0 Å². The number of H-pyrrole nitrogens is 1. The van der Waals surface area contributed by atoms with Crippen LogP contribution in [-0.4, -0.2) is 39.5 Å². The fraction of sp³-hybridized carbons (Fsp3) is 0.238. The number of para-hydroxylation sites is 4. The lowest BCUT2D eigenvalue weighted by Crippen LogP contribution is -2.31. The summed E-state index contributed by atoms with van der Waals surface area (Å²) in [6, 6.07) is 15.2. The second-order valence-electron chi connectivity index (χ2n) is 7.00. The zero-order chi connectivity index (χ0) is 20.4. The van der Waals surface area contributed by atoms with Gasteiger partial charge in [0.15, 0.2) is 5.82 Å². The van der Waals surface area contributed by atoms with Crippen molar-refractivity contribution in [1.29, 1.82) is 0 Å². The molecule has 0 aliphatic heterocycles. The van der Waals surface area contributed by atoms with Crippen molar-refractivity contribution in [3.05, 3.63) is 64.7 Å². The number of aryl methyl sites for hydroxylation is 1. The Bertz CT molecular complexity index is 1210.